The standard InChI is InChI=1S/C15H29NO/c1-4-6-11(3)15(16-9-5-2)13-10-12-7-8-14(13)17-12/h11-16H,4-10H2,1-3H3. The molecule has 2 rings (SSSR count). The molecule has 5 unspecified atom stereocenters. The summed E-state index contributed by atoms with van der Waals surface area (Å²) in [5, 5.41) is 3.80. The van der Waals surface area contributed by atoms with Crippen molar-refractivity contribution in [2.45, 2.75) is 77.5 Å². The minimum atomic E-state index is 0.564. The molecular formula is C15H29NO. The lowest BCUT2D eigenvalue weighted by Gasteiger charge is -2.34. The molecule has 0 aromatic heterocycles. The van der Waals surface area contributed by atoms with Crippen molar-refractivity contribution in [2.75, 3.05) is 6.54 Å². The summed E-state index contributed by atoms with van der Waals surface area (Å²) in [4.78, 5) is 0. The zero-order valence-electron chi connectivity index (χ0n) is 11.7. The highest BCUT2D eigenvalue weighted by atomic mass is 16.5. The second-order valence-electron chi connectivity index (χ2n) is 6.02. The minimum Gasteiger partial charge on any atom is -0.375 e. The van der Waals surface area contributed by atoms with Crippen molar-refractivity contribution in [3.63, 3.8) is 0 Å². The smallest absolute Gasteiger partial charge is 0.0623 e. The maximum atomic E-state index is 6.03. The van der Waals surface area contributed by atoms with Crippen LogP contribution in [0.25, 0.3) is 0 Å². The molecule has 5 atom stereocenters. The zero-order chi connectivity index (χ0) is 12.3. The van der Waals surface area contributed by atoms with E-state index in [1.54, 1.807) is 0 Å². The van der Waals surface area contributed by atoms with E-state index in [9.17, 15) is 0 Å². The SMILES string of the molecule is CCCNC(C(C)CCC)C1CC2CCC1O2. The number of rotatable bonds is 7. The van der Waals surface area contributed by atoms with Gasteiger partial charge in [0, 0.05) is 12.0 Å². The van der Waals surface area contributed by atoms with Gasteiger partial charge in [0.1, 0.15) is 0 Å². The maximum Gasteiger partial charge on any atom is 0.0623 e. The number of fused-ring (bicyclic) bond motifs is 2. The molecule has 0 radical (unpaired) electrons. The molecule has 0 saturated carbocycles. The van der Waals surface area contributed by atoms with Crippen molar-refractivity contribution < 1.29 is 4.74 Å². The third-order valence-corrected chi connectivity index (χ3v) is 4.60. The van der Waals surface area contributed by atoms with Gasteiger partial charge in [-0.05, 0) is 44.6 Å². The number of hydrogen-bond acceptors (Lipinski definition) is 2. The van der Waals surface area contributed by atoms with Crippen LogP contribution in [0.15, 0.2) is 0 Å². The summed E-state index contributed by atoms with van der Waals surface area (Å²) >= 11 is 0. The van der Waals surface area contributed by atoms with Crippen LogP contribution in [-0.2, 0) is 4.74 Å². The highest BCUT2D eigenvalue weighted by Gasteiger charge is 2.45. The van der Waals surface area contributed by atoms with Gasteiger partial charge >= 0.3 is 0 Å². The molecule has 0 aromatic carbocycles. The second-order valence-corrected chi connectivity index (χ2v) is 6.02. The summed E-state index contributed by atoms with van der Waals surface area (Å²) in [6.45, 7) is 8.13. The summed E-state index contributed by atoms with van der Waals surface area (Å²) in [5.41, 5.74) is 0. The molecule has 2 heterocycles. The van der Waals surface area contributed by atoms with Crippen LogP contribution < -0.4 is 5.32 Å². The molecule has 2 nitrogen and oxygen atoms in total. The molecule has 0 aliphatic carbocycles. The number of nitrogens with one attached hydrogen (secondary N) is 1. The predicted molar refractivity (Wildman–Crippen MR) is 72.2 cm³/mol. The van der Waals surface area contributed by atoms with Gasteiger partial charge in [-0.3, -0.25) is 0 Å². The first-order chi connectivity index (χ1) is 8.26. The van der Waals surface area contributed by atoms with Gasteiger partial charge in [0.05, 0.1) is 12.2 Å². The van der Waals surface area contributed by atoms with E-state index < -0.39 is 0 Å². The van der Waals surface area contributed by atoms with E-state index in [-0.39, 0.29) is 0 Å². The van der Waals surface area contributed by atoms with Crippen LogP contribution in [0, 0.1) is 11.8 Å². The first kappa shape index (κ1) is 13.4. The van der Waals surface area contributed by atoms with E-state index >= 15 is 0 Å². The van der Waals surface area contributed by atoms with Crippen LogP contribution in [0.3, 0.4) is 0 Å². The van der Waals surface area contributed by atoms with E-state index in [1.807, 2.05) is 0 Å². The van der Waals surface area contributed by atoms with Gasteiger partial charge in [-0.15, -0.1) is 0 Å². The third-order valence-electron chi connectivity index (χ3n) is 4.60. The van der Waals surface area contributed by atoms with Gasteiger partial charge in [-0.2, -0.15) is 0 Å². The van der Waals surface area contributed by atoms with Crippen LogP contribution in [0.5, 0.6) is 0 Å². The van der Waals surface area contributed by atoms with E-state index in [4.69, 9.17) is 4.74 Å². The minimum absolute atomic E-state index is 0.564. The summed E-state index contributed by atoms with van der Waals surface area (Å²) in [5.74, 6) is 1.57. The van der Waals surface area contributed by atoms with E-state index in [1.165, 1.54) is 38.5 Å². The molecule has 2 aliphatic heterocycles. The highest BCUT2D eigenvalue weighted by Crippen LogP contribution is 2.42. The maximum absolute atomic E-state index is 6.03. The lowest BCUT2D eigenvalue weighted by Crippen LogP contribution is -2.45. The largest absolute Gasteiger partial charge is 0.375 e. The summed E-state index contributed by atoms with van der Waals surface area (Å²) in [7, 11) is 0. The molecule has 100 valence electrons. The average Bonchev–Trinajstić information content (AvgIpc) is 2.92. The van der Waals surface area contributed by atoms with Crippen molar-refractivity contribution in [1.82, 2.24) is 5.32 Å². The molecule has 17 heavy (non-hydrogen) atoms. The van der Waals surface area contributed by atoms with Crippen molar-refractivity contribution in [1.29, 1.82) is 0 Å². The quantitative estimate of drug-likeness (QED) is 0.735. The van der Waals surface area contributed by atoms with Gasteiger partial charge in [0.25, 0.3) is 0 Å². The molecule has 2 aliphatic rings. The molecule has 2 bridgehead atoms. The van der Waals surface area contributed by atoms with Crippen LogP contribution in [0.2, 0.25) is 0 Å². The molecule has 2 fully saturated rings. The van der Waals surface area contributed by atoms with Gasteiger partial charge in [-0.1, -0.05) is 27.2 Å². The molecular weight excluding hydrogens is 210 g/mol. The number of ether oxygens (including phenoxy) is 1. The molecule has 2 saturated heterocycles. The summed E-state index contributed by atoms with van der Waals surface area (Å²) < 4.78 is 6.03. The fourth-order valence-electron chi connectivity index (χ4n) is 3.78. The van der Waals surface area contributed by atoms with Gasteiger partial charge in [0.2, 0.25) is 0 Å². The van der Waals surface area contributed by atoms with Gasteiger partial charge in [-0.25, -0.2) is 0 Å². The van der Waals surface area contributed by atoms with Crippen LogP contribution in [-0.4, -0.2) is 24.8 Å². The van der Waals surface area contributed by atoms with Crippen LogP contribution >= 0.6 is 0 Å². The Kier molecular flexibility index (Phi) is 4.87. The third kappa shape index (κ3) is 3.03. The Balaban J connectivity index is 1.94. The second kappa shape index (κ2) is 6.19. The Morgan fingerprint density at radius 1 is 1.24 bits per heavy atom. The van der Waals surface area contributed by atoms with Gasteiger partial charge in [0.15, 0.2) is 0 Å². The Morgan fingerprint density at radius 2 is 2.06 bits per heavy atom. The molecule has 0 spiro atoms. The Bertz CT molecular complexity index is 231. The van der Waals surface area contributed by atoms with E-state index in [0.29, 0.717) is 18.2 Å². The number of hydrogen-bond donors (Lipinski definition) is 1. The lowest BCUT2D eigenvalue weighted by atomic mass is 9.78. The Hall–Kier alpha value is -0.0800. The zero-order valence-corrected chi connectivity index (χ0v) is 11.7. The van der Waals surface area contributed by atoms with Crippen molar-refractivity contribution in [3.05, 3.63) is 0 Å². The lowest BCUT2D eigenvalue weighted by molar-refractivity contribution is 0.0796. The summed E-state index contributed by atoms with van der Waals surface area (Å²) in [6, 6.07) is 0.685. The van der Waals surface area contributed by atoms with Crippen LogP contribution in [0.4, 0.5) is 0 Å². The predicted octanol–water partition coefficient (Wildman–Crippen LogP) is 3.36. The normalized spacial score (nSPS) is 35.1. The topological polar surface area (TPSA) is 21.3 Å². The first-order valence-electron chi connectivity index (χ1n) is 7.65. The van der Waals surface area contributed by atoms with Crippen LogP contribution in [0.1, 0.15) is 59.3 Å². The Labute approximate surface area is 107 Å². The van der Waals surface area contributed by atoms with E-state index in [2.05, 4.69) is 26.1 Å². The first-order valence-corrected chi connectivity index (χ1v) is 7.65. The van der Waals surface area contributed by atoms with Crippen molar-refractivity contribution in [3.8, 4) is 0 Å². The molecule has 2 heteroatoms. The fourth-order valence-corrected chi connectivity index (χ4v) is 3.78. The van der Waals surface area contributed by atoms with Gasteiger partial charge < -0.3 is 10.1 Å². The van der Waals surface area contributed by atoms with Crippen molar-refractivity contribution >= 4 is 0 Å². The Morgan fingerprint density at radius 3 is 2.59 bits per heavy atom. The molecule has 0 amide bonds. The average molecular weight is 239 g/mol. The van der Waals surface area contributed by atoms with E-state index in [0.717, 1.165) is 18.4 Å². The summed E-state index contributed by atoms with van der Waals surface area (Å²) in [6.07, 6.45) is 8.94. The molecule has 0 aromatic rings. The fraction of sp³-hybridized carbons (Fsp3) is 1.00. The highest BCUT2D eigenvalue weighted by molar-refractivity contribution is 4.96. The van der Waals surface area contributed by atoms with Crippen molar-refractivity contribution in [2.24, 2.45) is 11.8 Å². The monoisotopic (exact) mass is 239 g/mol. The molecule has 1 N–H and O–H groups in total.